The molecule has 158 valence electrons. The van der Waals surface area contributed by atoms with Crippen molar-refractivity contribution in [3.8, 4) is 0 Å². The molecule has 0 aliphatic carbocycles. The summed E-state index contributed by atoms with van der Waals surface area (Å²) in [6, 6.07) is 10.7. The molecule has 1 unspecified atom stereocenters. The van der Waals surface area contributed by atoms with Crippen LogP contribution in [0.25, 0.3) is 0 Å². The molecule has 3 atom stereocenters. The zero-order chi connectivity index (χ0) is 20.2. The maximum Gasteiger partial charge on any atom is 0.307 e. The van der Waals surface area contributed by atoms with E-state index in [1.165, 1.54) is 12.7 Å². The molecule has 0 aromatic heterocycles. The third-order valence-electron chi connectivity index (χ3n) is 5.42. The summed E-state index contributed by atoms with van der Waals surface area (Å²) in [6.07, 6.45) is 5.63. The van der Waals surface area contributed by atoms with Crippen LogP contribution in [0.3, 0.4) is 0 Å². The topological polar surface area (TPSA) is 48.0 Å². The number of carbonyl (C=O) groups excluding carboxylic acids is 1. The fraction of sp³-hybridized carbons (Fsp3) is 0.696. The summed E-state index contributed by atoms with van der Waals surface area (Å²) in [6.45, 7) is 7.33. The third kappa shape index (κ3) is 7.19. The normalized spacial score (nSPS) is 22.5. The lowest BCUT2D eigenvalue weighted by Gasteiger charge is -2.31. The summed E-state index contributed by atoms with van der Waals surface area (Å²) in [5, 5.41) is 0. The molecule has 1 saturated heterocycles. The van der Waals surface area contributed by atoms with Crippen molar-refractivity contribution in [2.24, 2.45) is 0 Å². The Bertz CT molecular complexity index is 551. The van der Waals surface area contributed by atoms with Crippen molar-refractivity contribution in [2.45, 2.75) is 77.1 Å². The number of hydrogen-bond donors (Lipinski definition) is 0. The number of hydrogen-bond acceptors (Lipinski definition) is 5. The van der Waals surface area contributed by atoms with Crippen molar-refractivity contribution in [1.82, 2.24) is 4.90 Å². The van der Waals surface area contributed by atoms with Gasteiger partial charge in [-0.3, -0.25) is 9.69 Å². The fourth-order valence-corrected chi connectivity index (χ4v) is 3.78. The first kappa shape index (κ1) is 22.9. The van der Waals surface area contributed by atoms with Gasteiger partial charge < -0.3 is 14.2 Å². The summed E-state index contributed by atoms with van der Waals surface area (Å²) in [7, 11) is 1.46. The zero-order valence-electron chi connectivity index (χ0n) is 17.8. The van der Waals surface area contributed by atoms with Gasteiger partial charge in [-0.1, -0.05) is 57.0 Å². The first-order valence-electron chi connectivity index (χ1n) is 10.7. The van der Waals surface area contributed by atoms with Crippen LogP contribution in [0.5, 0.6) is 0 Å². The maximum absolute atomic E-state index is 12.1. The molecule has 28 heavy (non-hydrogen) atoms. The van der Waals surface area contributed by atoms with Gasteiger partial charge in [0.1, 0.15) is 0 Å². The first-order valence-corrected chi connectivity index (χ1v) is 10.7. The van der Waals surface area contributed by atoms with Gasteiger partial charge in [0, 0.05) is 31.8 Å². The van der Waals surface area contributed by atoms with Crippen LogP contribution in [-0.2, 0) is 25.5 Å². The molecule has 5 nitrogen and oxygen atoms in total. The lowest BCUT2D eigenvalue weighted by Crippen LogP contribution is -2.42. The third-order valence-corrected chi connectivity index (χ3v) is 5.42. The Morgan fingerprint density at radius 2 is 1.82 bits per heavy atom. The standard InChI is InChI=1S/C23H37NO4/c1-4-6-13-27-18-20-15-22(28-14-7-5-2)21(16-23(25)26-3)24(20)17-19-11-9-8-10-12-19/h8-12,20-22H,4-7,13-18H2,1-3H3/t20-,21?,22-/m0/s1. The molecule has 0 amide bonds. The summed E-state index contributed by atoms with van der Waals surface area (Å²) in [5.74, 6) is -0.181. The molecule has 2 rings (SSSR count). The SMILES string of the molecule is CCCCOC[C@@H]1C[C@H](OCCCC)C(CC(=O)OC)N1Cc1ccccc1. The minimum Gasteiger partial charge on any atom is -0.469 e. The van der Waals surface area contributed by atoms with E-state index in [1.807, 2.05) is 6.07 Å². The Morgan fingerprint density at radius 1 is 1.11 bits per heavy atom. The summed E-state index contributed by atoms with van der Waals surface area (Å²) in [4.78, 5) is 14.5. The van der Waals surface area contributed by atoms with Crippen molar-refractivity contribution >= 4 is 5.97 Å². The van der Waals surface area contributed by atoms with E-state index in [-0.39, 0.29) is 24.2 Å². The van der Waals surface area contributed by atoms with Crippen LogP contribution >= 0.6 is 0 Å². The number of methoxy groups -OCH3 is 1. The molecule has 0 bridgehead atoms. The highest BCUT2D eigenvalue weighted by atomic mass is 16.5. The van der Waals surface area contributed by atoms with Gasteiger partial charge >= 0.3 is 5.97 Å². The molecule has 1 fully saturated rings. The van der Waals surface area contributed by atoms with Crippen LogP contribution in [0.2, 0.25) is 0 Å². The zero-order valence-corrected chi connectivity index (χ0v) is 17.8. The molecule has 0 radical (unpaired) electrons. The number of rotatable bonds is 13. The average molecular weight is 392 g/mol. The van der Waals surface area contributed by atoms with E-state index in [0.29, 0.717) is 13.0 Å². The monoisotopic (exact) mass is 391 g/mol. The number of benzene rings is 1. The Balaban J connectivity index is 2.13. The molecule has 1 aliphatic rings. The van der Waals surface area contributed by atoms with Gasteiger partial charge in [-0.15, -0.1) is 0 Å². The van der Waals surface area contributed by atoms with Gasteiger partial charge in [0.2, 0.25) is 0 Å². The molecule has 1 heterocycles. The van der Waals surface area contributed by atoms with E-state index in [4.69, 9.17) is 14.2 Å². The predicted octanol–water partition coefficient (Wildman–Crippen LogP) is 4.19. The smallest absolute Gasteiger partial charge is 0.307 e. The average Bonchev–Trinajstić information content (AvgIpc) is 3.02. The van der Waals surface area contributed by atoms with E-state index < -0.39 is 0 Å². The van der Waals surface area contributed by atoms with Gasteiger partial charge in [0.25, 0.3) is 0 Å². The fourth-order valence-electron chi connectivity index (χ4n) is 3.78. The summed E-state index contributed by atoms with van der Waals surface area (Å²) < 4.78 is 17.2. The van der Waals surface area contributed by atoms with E-state index in [2.05, 4.69) is 43.0 Å². The van der Waals surface area contributed by atoms with Crippen LogP contribution in [0.15, 0.2) is 30.3 Å². The van der Waals surface area contributed by atoms with Gasteiger partial charge in [-0.2, -0.15) is 0 Å². The molecule has 0 saturated carbocycles. The maximum atomic E-state index is 12.1. The largest absolute Gasteiger partial charge is 0.469 e. The van der Waals surface area contributed by atoms with E-state index in [0.717, 1.165) is 51.9 Å². The summed E-state index contributed by atoms with van der Waals surface area (Å²) >= 11 is 0. The first-order chi connectivity index (χ1) is 13.7. The molecule has 1 aromatic rings. The number of nitrogens with zero attached hydrogens (tertiary/aromatic N) is 1. The number of esters is 1. The lowest BCUT2D eigenvalue weighted by molar-refractivity contribution is -0.143. The van der Waals surface area contributed by atoms with Gasteiger partial charge in [-0.25, -0.2) is 0 Å². The number of likely N-dealkylation sites (tertiary alicyclic amines) is 1. The Morgan fingerprint density at radius 3 is 2.50 bits per heavy atom. The predicted molar refractivity (Wildman–Crippen MR) is 111 cm³/mol. The second-order valence-electron chi connectivity index (χ2n) is 7.59. The minimum absolute atomic E-state index is 0.0179. The van der Waals surface area contributed by atoms with Gasteiger partial charge in [-0.05, 0) is 24.8 Å². The summed E-state index contributed by atoms with van der Waals surface area (Å²) in [5.41, 5.74) is 1.24. The molecule has 5 heteroatoms. The van der Waals surface area contributed by atoms with Crippen molar-refractivity contribution in [3.05, 3.63) is 35.9 Å². The van der Waals surface area contributed by atoms with Crippen molar-refractivity contribution in [3.63, 3.8) is 0 Å². The van der Waals surface area contributed by atoms with Crippen LogP contribution in [0.4, 0.5) is 0 Å². The molecular weight excluding hydrogens is 354 g/mol. The van der Waals surface area contributed by atoms with Crippen LogP contribution in [0, 0.1) is 0 Å². The Hall–Kier alpha value is -1.43. The lowest BCUT2D eigenvalue weighted by atomic mass is 10.1. The highest BCUT2D eigenvalue weighted by Crippen LogP contribution is 2.32. The quantitative estimate of drug-likeness (QED) is 0.373. The molecular formula is C23H37NO4. The van der Waals surface area contributed by atoms with Gasteiger partial charge in [0.15, 0.2) is 0 Å². The second-order valence-corrected chi connectivity index (χ2v) is 7.59. The van der Waals surface area contributed by atoms with E-state index in [1.54, 1.807) is 0 Å². The van der Waals surface area contributed by atoms with E-state index >= 15 is 0 Å². The van der Waals surface area contributed by atoms with Crippen LogP contribution in [0.1, 0.15) is 57.9 Å². The highest BCUT2D eigenvalue weighted by molar-refractivity contribution is 5.70. The van der Waals surface area contributed by atoms with Crippen molar-refractivity contribution < 1.29 is 19.0 Å². The number of ether oxygens (including phenoxy) is 3. The molecule has 0 spiro atoms. The molecule has 0 N–H and O–H groups in total. The Labute approximate surface area is 170 Å². The highest BCUT2D eigenvalue weighted by Gasteiger charge is 2.42. The second kappa shape index (κ2) is 12.9. The van der Waals surface area contributed by atoms with Crippen LogP contribution in [-0.4, -0.2) is 56.0 Å². The Kier molecular flexibility index (Phi) is 10.5. The van der Waals surface area contributed by atoms with E-state index in [9.17, 15) is 4.79 Å². The van der Waals surface area contributed by atoms with Crippen molar-refractivity contribution in [1.29, 1.82) is 0 Å². The minimum atomic E-state index is -0.181. The molecule has 1 aliphatic heterocycles. The number of carbonyl (C=O) groups is 1. The number of unbranched alkanes of at least 4 members (excludes halogenated alkanes) is 2. The van der Waals surface area contributed by atoms with Crippen LogP contribution < -0.4 is 0 Å². The van der Waals surface area contributed by atoms with Gasteiger partial charge in [0.05, 0.1) is 26.2 Å². The molecule has 1 aromatic carbocycles. The van der Waals surface area contributed by atoms with Crippen molar-refractivity contribution in [2.75, 3.05) is 26.9 Å².